The highest BCUT2D eigenvalue weighted by molar-refractivity contribution is 7.47. The van der Waals surface area contributed by atoms with Gasteiger partial charge in [0.25, 0.3) is 0 Å². The van der Waals surface area contributed by atoms with Crippen molar-refractivity contribution >= 4 is 39.5 Å². The Hall–Kier alpha value is -1.94. The Bertz CT molecular complexity index is 1990. The lowest BCUT2D eigenvalue weighted by Crippen LogP contribution is -2.30. The van der Waals surface area contributed by atoms with E-state index in [1.54, 1.807) is 0 Å². The molecule has 606 valence electrons. The number of hydrogen-bond acceptors (Lipinski definition) is 15. The van der Waals surface area contributed by atoms with Crippen LogP contribution in [0.2, 0.25) is 0 Å². The summed E-state index contributed by atoms with van der Waals surface area (Å²) in [6, 6.07) is 0. The van der Waals surface area contributed by atoms with Crippen molar-refractivity contribution in [2.45, 2.75) is 446 Å². The predicted octanol–water partition coefficient (Wildman–Crippen LogP) is 24.8. The largest absolute Gasteiger partial charge is 0.472 e. The zero-order chi connectivity index (χ0) is 75.3. The molecule has 0 bridgehead atoms. The molecule has 19 heteroatoms. The lowest BCUT2D eigenvalue weighted by Gasteiger charge is -2.21. The number of rotatable bonds is 80. The SMILES string of the molecule is CC(C)CCCCCCCCCCCCCCCCCCC(=O)O[C@H](COC(=O)CCCCCCCCCCCCCCCCCC(C)C)COP(=O)(O)OCC(O)COP(=O)(O)OC[C@@H](COC(=O)CCCCCCCCCC(C)C)OC(=O)CCCCCCCCCCCCCCC(C)C. The summed E-state index contributed by atoms with van der Waals surface area (Å²) in [5, 5.41) is 10.7. The summed E-state index contributed by atoms with van der Waals surface area (Å²) in [4.78, 5) is 73.1. The molecule has 3 N–H and O–H groups in total. The summed E-state index contributed by atoms with van der Waals surface area (Å²) in [5.74, 6) is 0.985. The molecule has 0 aromatic heterocycles. The fraction of sp³-hybridized carbons (Fsp3) is 0.952. The lowest BCUT2D eigenvalue weighted by molar-refractivity contribution is -0.161. The topological polar surface area (TPSA) is 237 Å². The second-order valence-corrected chi connectivity index (χ2v) is 34.7. The number of unbranched alkanes of at least 4 members (excludes halogenated alkanes) is 46. The van der Waals surface area contributed by atoms with Gasteiger partial charge < -0.3 is 33.8 Å². The van der Waals surface area contributed by atoms with Gasteiger partial charge >= 0.3 is 39.5 Å². The van der Waals surface area contributed by atoms with Crippen LogP contribution in [0.25, 0.3) is 0 Å². The summed E-state index contributed by atoms with van der Waals surface area (Å²) < 4.78 is 68.8. The van der Waals surface area contributed by atoms with Gasteiger partial charge in [-0.2, -0.15) is 0 Å². The molecule has 0 aromatic carbocycles. The minimum atomic E-state index is -4.96. The molecule has 102 heavy (non-hydrogen) atoms. The van der Waals surface area contributed by atoms with E-state index in [2.05, 4.69) is 55.4 Å². The first-order valence-corrected chi connectivity index (χ1v) is 45.7. The molecule has 0 spiro atoms. The molecule has 0 aromatic rings. The minimum Gasteiger partial charge on any atom is -0.462 e. The Kier molecular flexibility index (Phi) is 70.6. The van der Waals surface area contributed by atoms with Crippen LogP contribution < -0.4 is 0 Å². The zero-order valence-electron chi connectivity index (χ0n) is 67.2. The molecule has 17 nitrogen and oxygen atoms in total. The van der Waals surface area contributed by atoms with Gasteiger partial charge in [0.1, 0.15) is 19.3 Å². The highest BCUT2D eigenvalue weighted by atomic mass is 31.2. The van der Waals surface area contributed by atoms with Gasteiger partial charge in [-0.15, -0.1) is 0 Å². The molecule has 3 unspecified atom stereocenters. The van der Waals surface area contributed by atoms with Crippen LogP contribution in [0, 0.1) is 23.7 Å². The molecule has 5 atom stereocenters. The van der Waals surface area contributed by atoms with Crippen molar-refractivity contribution < 1.29 is 80.2 Å². The summed E-state index contributed by atoms with van der Waals surface area (Å²) in [6.07, 6.45) is 59.7. The van der Waals surface area contributed by atoms with E-state index >= 15 is 0 Å². The number of esters is 4. The van der Waals surface area contributed by atoms with Gasteiger partial charge in [0.2, 0.25) is 0 Å². The van der Waals surface area contributed by atoms with Crippen molar-refractivity contribution in [3.8, 4) is 0 Å². The second kappa shape index (κ2) is 72.0. The molecule has 0 fully saturated rings. The van der Waals surface area contributed by atoms with E-state index in [-0.39, 0.29) is 25.7 Å². The summed E-state index contributed by atoms with van der Waals surface area (Å²) >= 11 is 0. The van der Waals surface area contributed by atoms with Crippen LogP contribution in [0.5, 0.6) is 0 Å². The molecule has 0 heterocycles. The predicted molar refractivity (Wildman–Crippen MR) is 418 cm³/mol. The van der Waals surface area contributed by atoms with Crippen molar-refractivity contribution in [1.82, 2.24) is 0 Å². The van der Waals surface area contributed by atoms with E-state index in [4.69, 9.17) is 37.0 Å². The Balaban J connectivity index is 5.24. The first-order chi connectivity index (χ1) is 49.1. The quantitative estimate of drug-likeness (QED) is 0.0222. The molecule has 0 amide bonds. The standard InChI is InChI=1S/C83H162O17P2/c1-73(2)59-51-43-35-28-22-16-12-9-10-14-19-26-32-40-49-57-65-82(87)99-78(69-93-80(85)63-55-47-39-31-25-18-15-11-13-17-23-29-36-44-52-60-74(3)4)71-97-101(89,90)95-67-77(84)68-96-102(91,92)98-72-79(70-94-81(86)64-56-48-42-34-38-46-54-62-76(7)8)100-83(88)66-58-50-41-33-27-21-20-24-30-37-45-53-61-75(5)6/h73-79,84H,9-72H2,1-8H3,(H,89,90)(H,91,92)/t77?,78-,79-/m1/s1. The second-order valence-electron chi connectivity index (χ2n) is 31.8. The van der Waals surface area contributed by atoms with Crippen molar-refractivity contribution in [2.75, 3.05) is 39.6 Å². The van der Waals surface area contributed by atoms with Crippen LogP contribution in [0.1, 0.15) is 428 Å². The lowest BCUT2D eigenvalue weighted by atomic mass is 10.0. The van der Waals surface area contributed by atoms with Crippen LogP contribution in [0.3, 0.4) is 0 Å². The maximum Gasteiger partial charge on any atom is 0.472 e. The number of ether oxygens (including phenoxy) is 4. The summed E-state index contributed by atoms with van der Waals surface area (Å²) in [7, 11) is -9.92. The van der Waals surface area contributed by atoms with Crippen molar-refractivity contribution in [1.29, 1.82) is 0 Å². The third-order valence-electron chi connectivity index (χ3n) is 19.3. The smallest absolute Gasteiger partial charge is 0.462 e. The first kappa shape index (κ1) is 100. The zero-order valence-corrected chi connectivity index (χ0v) is 69.0. The molecule has 0 aliphatic rings. The molecule has 0 saturated heterocycles. The van der Waals surface area contributed by atoms with Gasteiger partial charge in [0.15, 0.2) is 12.2 Å². The van der Waals surface area contributed by atoms with Gasteiger partial charge in [0.05, 0.1) is 26.4 Å². The fourth-order valence-electron chi connectivity index (χ4n) is 12.8. The summed E-state index contributed by atoms with van der Waals surface area (Å²) in [5.41, 5.74) is 0. The van der Waals surface area contributed by atoms with Crippen LogP contribution in [0.4, 0.5) is 0 Å². The maximum atomic E-state index is 13.1. The van der Waals surface area contributed by atoms with Crippen LogP contribution >= 0.6 is 15.6 Å². The van der Waals surface area contributed by atoms with Crippen molar-refractivity contribution in [2.24, 2.45) is 23.7 Å². The molecule has 0 rings (SSSR count). The third-order valence-corrected chi connectivity index (χ3v) is 21.2. The number of carbonyl (C=O) groups excluding carboxylic acids is 4. The number of aliphatic hydroxyl groups excluding tert-OH is 1. The number of carbonyl (C=O) groups is 4. The van der Waals surface area contributed by atoms with E-state index in [1.807, 2.05) is 0 Å². The molecule has 0 radical (unpaired) electrons. The number of phosphoric acid groups is 2. The van der Waals surface area contributed by atoms with Gasteiger partial charge in [-0.3, -0.25) is 37.3 Å². The van der Waals surface area contributed by atoms with Crippen molar-refractivity contribution in [3.05, 3.63) is 0 Å². The Morgan fingerprint density at radius 1 is 0.245 bits per heavy atom. The maximum absolute atomic E-state index is 13.1. The molecule has 0 aliphatic carbocycles. The van der Waals surface area contributed by atoms with Gasteiger partial charge in [-0.25, -0.2) is 9.13 Å². The van der Waals surface area contributed by atoms with E-state index in [1.165, 1.54) is 225 Å². The first-order valence-electron chi connectivity index (χ1n) is 42.7. The monoisotopic (exact) mass is 1490 g/mol. The summed E-state index contributed by atoms with van der Waals surface area (Å²) in [6.45, 7) is 14.3. The van der Waals surface area contributed by atoms with E-state index in [0.717, 1.165) is 114 Å². The third kappa shape index (κ3) is 76.3. The number of phosphoric ester groups is 2. The average Bonchev–Trinajstić information content (AvgIpc) is 0.909. The minimum absolute atomic E-state index is 0.106. The highest BCUT2D eigenvalue weighted by Gasteiger charge is 2.30. The molecular formula is C83H162O17P2. The Morgan fingerprint density at radius 2 is 0.412 bits per heavy atom. The van der Waals surface area contributed by atoms with Gasteiger partial charge in [-0.1, -0.05) is 376 Å². The normalized spacial score (nSPS) is 14.0. The highest BCUT2D eigenvalue weighted by Crippen LogP contribution is 2.45. The molecular weight excluding hydrogens is 1330 g/mol. The van der Waals surface area contributed by atoms with Crippen LogP contribution in [-0.4, -0.2) is 96.7 Å². The average molecular weight is 1490 g/mol. The molecule has 0 saturated carbocycles. The Morgan fingerprint density at radius 3 is 0.608 bits per heavy atom. The number of hydrogen-bond donors (Lipinski definition) is 3. The van der Waals surface area contributed by atoms with Crippen LogP contribution in [-0.2, 0) is 65.4 Å². The molecule has 0 aliphatic heterocycles. The van der Waals surface area contributed by atoms with E-state index in [9.17, 15) is 43.2 Å². The van der Waals surface area contributed by atoms with E-state index in [0.29, 0.717) is 31.6 Å². The van der Waals surface area contributed by atoms with Crippen LogP contribution in [0.15, 0.2) is 0 Å². The Labute approximate surface area is 626 Å². The van der Waals surface area contributed by atoms with E-state index < -0.39 is 97.5 Å². The van der Waals surface area contributed by atoms with Gasteiger partial charge in [-0.05, 0) is 49.4 Å². The van der Waals surface area contributed by atoms with Crippen molar-refractivity contribution in [3.63, 3.8) is 0 Å². The fourth-order valence-corrected chi connectivity index (χ4v) is 14.4. The van der Waals surface area contributed by atoms with Gasteiger partial charge in [0, 0.05) is 25.7 Å². The number of aliphatic hydroxyl groups is 1.